The molecule has 8 nitrogen and oxygen atoms in total. The van der Waals surface area contributed by atoms with Crippen molar-refractivity contribution in [3.8, 4) is 0 Å². The summed E-state index contributed by atoms with van der Waals surface area (Å²) in [6.07, 6.45) is 6.32. The van der Waals surface area contributed by atoms with E-state index in [0.29, 0.717) is 13.0 Å². The first-order valence-electron chi connectivity index (χ1n) is 7.67. The van der Waals surface area contributed by atoms with Crippen molar-refractivity contribution in [3.05, 3.63) is 72.1 Å². The van der Waals surface area contributed by atoms with E-state index in [1.165, 1.54) is 24.8 Å². The van der Waals surface area contributed by atoms with E-state index < -0.39 is 5.91 Å². The van der Waals surface area contributed by atoms with E-state index >= 15 is 0 Å². The first-order chi connectivity index (χ1) is 12.2. The van der Waals surface area contributed by atoms with E-state index in [2.05, 4.69) is 30.8 Å². The molecule has 3 N–H and O–H groups in total. The van der Waals surface area contributed by atoms with E-state index in [9.17, 15) is 9.59 Å². The van der Waals surface area contributed by atoms with Crippen LogP contribution in [0.3, 0.4) is 0 Å². The van der Waals surface area contributed by atoms with E-state index in [-0.39, 0.29) is 23.0 Å². The summed E-state index contributed by atoms with van der Waals surface area (Å²) in [7, 11) is 0. The van der Waals surface area contributed by atoms with Gasteiger partial charge in [0, 0.05) is 18.9 Å². The third kappa shape index (κ3) is 4.25. The molecule has 3 aromatic rings. The molecule has 0 fully saturated rings. The first kappa shape index (κ1) is 16.3. The number of anilines is 1. The number of rotatable bonds is 6. The van der Waals surface area contributed by atoms with Crippen molar-refractivity contribution in [2.24, 2.45) is 0 Å². The molecule has 3 rings (SSSR count). The smallest absolute Gasteiger partial charge is 0.275 e. The van der Waals surface area contributed by atoms with Gasteiger partial charge in [-0.3, -0.25) is 19.7 Å². The zero-order valence-electron chi connectivity index (χ0n) is 13.3. The zero-order valence-corrected chi connectivity index (χ0v) is 13.3. The van der Waals surface area contributed by atoms with Crippen molar-refractivity contribution in [3.63, 3.8) is 0 Å². The Balaban J connectivity index is 1.59. The second kappa shape index (κ2) is 7.82. The SMILES string of the molecule is O=C(Nc1cn[nH]c1C(=O)NCCc1ccccc1)c1cnccn1. The summed E-state index contributed by atoms with van der Waals surface area (Å²) < 4.78 is 0. The summed E-state index contributed by atoms with van der Waals surface area (Å²) in [6, 6.07) is 9.83. The molecule has 0 saturated carbocycles. The molecule has 0 saturated heterocycles. The second-order valence-electron chi connectivity index (χ2n) is 5.19. The van der Waals surface area contributed by atoms with E-state index in [4.69, 9.17) is 0 Å². The second-order valence-corrected chi connectivity index (χ2v) is 5.19. The standard InChI is InChI=1S/C17H16N6O2/c24-16(14-10-18-8-9-19-14)22-13-11-21-23-15(13)17(25)20-7-6-12-4-2-1-3-5-12/h1-5,8-11H,6-7H2,(H,20,25)(H,21,23)(H,22,24). The molecule has 2 aromatic heterocycles. The molecule has 0 spiro atoms. The lowest BCUT2D eigenvalue weighted by molar-refractivity contribution is 0.0950. The minimum atomic E-state index is -0.465. The number of benzene rings is 1. The molecule has 0 aliphatic rings. The molecule has 0 unspecified atom stereocenters. The summed E-state index contributed by atoms with van der Waals surface area (Å²) in [5.41, 5.74) is 1.75. The minimum absolute atomic E-state index is 0.152. The predicted molar refractivity (Wildman–Crippen MR) is 91.1 cm³/mol. The molecular weight excluding hydrogens is 320 g/mol. The van der Waals surface area contributed by atoms with Gasteiger partial charge in [0.2, 0.25) is 0 Å². The average Bonchev–Trinajstić information content (AvgIpc) is 3.11. The maximum absolute atomic E-state index is 12.3. The van der Waals surface area contributed by atoms with Gasteiger partial charge < -0.3 is 10.6 Å². The number of H-pyrrole nitrogens is 1. The van der Waals surface area contributed by atoms with Gasteiger partial charge in [0.15, 0.2) is 0 Å². The highest BCUT2D eigenvalue weighted by molar-refractivity contribution is 6.07. The normalized spacial score (nSPS) is 10.2. The Kier molecular flexibility index (Phi) is 5.10. The number of hydrogen-bond donors (Lipinski definition) is 3. The van der Waals surface area contributed by atoms with Crippen LogP contribution in [0.25, 0.3) is 0 Å². The molecule has 0 aliphatic heterocycles. The number of carbonyl (C=O) groups is 2. The summed E-state index contributed by atoms with van der Waals surface area (Å²) in [4.78, 5) is 32.1. The van der Waals surface area contributed by atoms with Crippen LogP contribution in [0.15, 0.2) is 55.1 Å². The van der Waals surface area contributed by atoms with Crippen LogP contribution in [-0.2, 0) is 6.42 Å². The molecule has 0 atom stereocenters. The molecule has 1 aromatic carbocycles. The molecule has 8 heteroatoms. The molecule has 2 heterocycles. The summed E-state index contributed by atoms with van der Waals surface area (Å²) >= 11 is 0. The quantitative estimate of drug-likeness (QED) is 0.630. The van der Waals surface area contributed by atoms with Crippen LogP contribution in [0.5, 0.6) is 0 Å². The highest BCUT2D eigenvalue weighted by Crippen LogP contribution is 2.12. The predicted octanol–water partition coefficient (Wildman–Crippen LogP) is 1.42. The van der Waals surface area contributed by atoms with Crippen LogP contribution in [0.2, 0.25) is 0 Å². The van der Waals surface area contributed by atoms with Gasteiger partial charge >= 0.3 is 0 Å². The van der Waals surface area contributed by atoms with Crippen molar-refractivity contribution in [2.75, 3.05) is 11.9 Å². The number of carbonyl (C=O) groups excluding carboxylic acids is 2. The Labute approximate surface area is 143 Å². The maximum atomic E-state index is 12.3. The molecule has 0 bridgehead atoms. The number of hydrogen-bond acceptors (Lipinski definition) is 5. The van der Waals surface area contributed by atoms with Crippen molar-refractivity contribution in [1.29, 1.82) is 0 Å². The average molecular weight is 336 g/mol. The van der Waals surface area contributed by atoms with Crippen molar-refractivity contribution in [1.82, 2.24) is 25.5 Å². The lowest BCUT2D eigenvalue weighted by atomic mass is 10.1. The van der Waals surface area contributed by atoms with Crippen molar-refractivity contribution >= 4 is 17.5 Å². The number of nitrogens with one attached hydrogen (secondary N) is 3. The summed E-state index contributed by atoms with van der Waals surface area (Å²) in [5, 5.41) is 11.8. The van der Waals surface area contributed by atoms with Gasteiger partial charge in [-0.25, -0.2) is 4.98 Å². The highest BCUT2D eigenvalue weighted by Gasteiger charge is 2.17. The minimum Gasteiger partial charge on any atom is -0.350 e. The molecular formula is C17H16N6O2. The third-order valence-electron chi connectivity index (χ3n) is 3.45. The Morgan fingerprint density at radius 3 is 2.64 bits per heavy atom. The molecule has 126 valence electrons. The van der Waals surface area contributed by atoms with Crippen LogP contribution >= 0.6 is 0 Å². The number of aromatic amines is 1. The Morgan fingerprint density at radius 2 is 1.88 bits per heavy atom. The fourth-order valence-corrected chi connectivity index (χ4v) is 2.21. The molecule has 0 aliphatic carbocycles. The lowest BCUT2D eigenvalue weighted by Crippen LogP contribution is -2.27. The van der Waals surface area contributed by atoms with Gasteiger partial charge in [-0.05, 0) is 12.0 Å². The fraction of sp³-hybridized carbons (Fsp3) is 0.118. The zero-order chi connectivity index (χ0) is 17.5. The van der Waals surface area contributed by atoms with Crippen LogP contribution in [0, 0.1) is 0 Å². The van der Waals surface area contributed by atoms with Crippen LogP contribution in [-0.4, -0.2) is 38.5 Å². The largest absolute Gasteiger partial charge is 0.350 e. The third-order valence-corrected chi connectivity index (χ3v) is 3.45. The topological polar surface area (TPSA) is 113 Å². The van der Waals surface area contributed by atoms with Crippen LogP contribution in [0.1, 0.15) is 26.5 Å². The van der Waals surface area contributed by atoms with Crippen LogP contribution in [0.4, 0.5) is 5.69 Å². The number of nitrogens with zero attached hydrogens (tertiary/aromatic N) is 3. The van der Waals surface area contributed by atoms with Gasteiger partial charge in [-0.15, -0.1) is 0 Å². The monoisotopic (exact) mass is 336 g/mol. The van der Waals surface area contributed by atoms with E-state index in [0.717, 1.165) is 5.56 Å². The molecule has 2 amide bonds. The Morgan fingerprint density at radius 1 is 1.04 bits per heavy atom. The van der Waals surface area contributed by atoms with Crippen molar-refractivity contribution in [2.45, 2.75) is 6.42 Å². The van der Waals surface area contributed by atoms with Gasteiger partial charge in [0.05, 0.1) is 18.1 Å². The summed E-state index contributed by atoms with van der Waals surface area (Å²) in [6.45, 7) is 0.472. The first-order valence-corrected chi connectivity index (χ1v) is 7.67. The Hall–Kier alpha value is -3.55. The van der Waals surface area contributed by atoms with Gasteiger partial charge in [-0.1, -0.05) is 30.3 Å². The maximum Gasteiger partial charge on any atom is 0.275 e. The fourth-order valence-electron chi connectivity index (χ4n) is 2.21. The van der Waals surface area contributed by atoms with E-state index in [1.54, 1.807) is 0 Å². The highest BCUT2D eigenvalue weighted by atomic mass is 16.2. The number of amides is 2. The van der Waals surface area contributed by atoms with Gasteiger partial charge in [0.1, 0.15) is 11.4 Å². The van der Waals surface area contributed by atoms with E-state index in [1.807, 2.05) is 30.3 Å². The number of aromatic nitrogens is 4. The lowest BCUT2D eigenvalue weighted by Gasteiger charge is -2.07. The van der Waals surface area contributed by atoms with Crippen LogP contribution < -0.4 is 10.6 Å². The van der Waals surface area contributed by atoms with Crippen molar-refractivity contribution < 1.29 is 9.59 Å². The van der Waals surface area contributed by atoms with Gasteiger partial charge in [0.25, 0.3) is 11.8 Å². The molecule has 0 radical (unpaired) electrons. The summed E-state index contributed by atoms with van der Waals surface area (Å²) in [5.74, 6) is -0.810. The van der Waals surface area contributed by atoms with Gasteiger partial charge in [-0.2, -0.15) is 5.10 Å². The molecule has 25 heavy (non-hydrogen) atoms. The Bertz CT molecular complexity index is 848.